The average Bonchev–Trinajstić information content (AvgIpc) is 2.26. The Morgan fingerprint density at radius 2 is 1.39 bits per heavy atom. The van der Waals surface area contributed by atoms with Crippen molar-refractivity contribution in [2.24, 2.45) is 0 Å². The molecule has 0 amide bonds. The lowest BCUT2D eigenvalue weighted by molar-refractivity contribution is -0.126. The van der Waals surface area contributed by atoms with Gasteiger partial charge in [0.15, 0.2) is 14.1 Å². The molecule has 18 heavy (non-hydrogen) atoms. The number of Topliss-reactive ketones (excluding diaryl/α,β-unsaturated/α-hetero) is 1. The van der Waals surface area contributed by atoms with Crippen LogP contribution in [0.5, 0.6) is 0 Å². The Balaban J connectivity index is 2.49. The van der Waals surface area contributed by atoms with E-state index in [4.69, 9.17) is 4.43 Å². The number of ketones is 1. The van der Waals surface area contributed by atoms with Crippen LogP contribution in [-0.2, 0) is 9.22 Å². The maximum absolute atomic E-state index is 12.2. The summed E-state index contributed by atoms with van der Waals surface area (Å²) in [6.45, 7) is 6.53. The Kier molecular flexibility index (Phi) is 7.16. The third-order valence-electron chi connectivity index (χ3n) is 3.49. The Morgan fingerprint density at radius 3 is 1.94 bits per heavy atom. The van der Waals surface area contributed by atoms with Gasteiger partial charge in [-0.25, -0.2) is 0 Å². The van der Waals surface area contributed by atoms with Crippen molar-refractivity contribution < 1.29 is 9.22 Å². The average molecular weight is 270 g/mol. The summed E-state index contributed by atoms with van der Waals surface area (Å²) in [5, 5.41) is 0. The highest BCUT2D eigenvalue weighted by Gasteiger charge is 2.25. The summed E-state index contributed by atoms with van der Waals surface area (Å²) in [4.78, 5) is 12.2. The minimum Gasteiger partial charge on any atom is -0.408 e. The van der Waals surface area contributed by atoms with Gasteiger partial charge in [0.25, 0.3) is 0 Å². The van der Waals surface area contributed by atoms with Gasteiger partial charge >= 0.3 is 0 Å². The van der Waals surface area contributed by atoms with Crippen LogP contribution >= 0.6 is 0 Å². The van der Waals surface area contributed by atoms with Crippen LogP contribution in [-0.4, -0.2) is 20.2 Å². The molecule has 1 aliphatic carbocycles. The Hall–Kier alpha value is -0.153. The normalized spacial score (nSPS) is 25.3. The predicted octanol–water partition coefficient (Wildman–Crippen LogP) is 4.69. The van der Waals surface area contributed by atoms with Gasteiger partial charge in [0, 0.05) is 6.42 Å². The predicted molar refractivity (Wildman–Crippen MR) is 79.4 cm³/mol. The minimum atomic E-state index is -1.60. The van der Waals surface area contributed by atoms with E-state index in [9.17, 15) is 4.79 Å². The molecule has 0 heterocycles. The van der Waals surface area contributed by atoms with Crippen LogP contribution < -0.4 is 0 Å². The molecule has 1 rings (SSSR count). The molecule has 1 atom stereocenters. The van der Waals surface area contributed by atoms with Crippen molar-refractivity contribution in [3.63, 3.8) is 0 Å². The van der Waals surface area contributed by atoms with Gasteiger partial charge in [0.1, 0.15) is 6.10 Å². The highest BCUT2D eigenvalue weighted by atomic mass is 28.4. The van der Waals surface area contributed by atoms with E-state index in [2.05, 4.69) is 19.6 Å². The van der Waals surface area contributed by atoms with Crippen molar-refractivity contribution in [2.75, 3.05) is 0 Å². The second-order valence-corrected chi connectivity index (χ2v) is 11.0. The topological polar surface area (TPSA) is 26.3 Å². The van der Waals surface area contributed by atoms with E-state index in [1.165, 1.54) is 38.5 Å². The van der Waals surface area contributed by atoms with Crippen LogP contribution in [0.15, 0.2) is 0 Å². The fourth-order valence-electron chi connectivity index (χ4n) is 2.56. The van der Waals surface area contributed by atoms with Gasteiger partial charge in [-0.15, -0.1) is 0 Å². The van der Waals surface area contributed by atoms with Gasteiger partial charge in [0.05, 0.1) is 0 Å². The molecule has 1 aliphatic rings. The van der Waals surface area contributed by atoms with Crippen LogP contribution in [0.1, 0.15) is 64.2 Å². The number of carbonyl (C=O) groups excluding carboxylic acids is 1. The quantitative estimate of drug-likeness (QED) is 0.680. The van der Waals surface area contributed by atoms with Gasteiger partial charge in [0.2, 0.25) is 0 Å². The molecule has 0 aromatic heterocycles. The van der Waals surface area contributed by atoms with Crippen LogP contribution in [0.2, 0.25) is 19.6 Å². The number of hydrogen-bond acceptors (Lipinski definition) is 2. The van der Waals surface area contributed by atoms with Gasteiger partial charge in [-0.1, -0.05) is 44.9 Å². The summed E-state index contributed by atoms with van der Waals surface area (Å²) in [6, 6.07) is 0. The molecule has 2 nitrogen and oxygen atoms in total. The summed E-state index contributed by atoms with van der Waals surface area (Å²) >= 11 is 0. The summed E-state index contributed by atoms with van der Waals surface area (Å²) < 4.78 is 6.08. The van der Waals surface area contributed by atoms with Crippen LogP contribution in [0.25, 0.3) is 0 Å². The largest absolute Gasteiger partial charge is 0.408 e. The molecule has 106 valence electrons. The van der Waals surface area contributed by atoms with E-state index < -0.39 is 8.32 Å². The van der Waals surface area contributed by atoms with Crippen molar-refractivity contribution >= 4 is 14.1 Å². The first kappa shape index (κ1) is 15.9. The Bertz CT molecular complexity index is 245. The summed E-state index contributed by atoms with van der Waals surface area (Å²) in [5.74, 6) is 0.359. The molecule has 0 aromatic carbocycles. The molecule has 0 aromatic rings. The molecule has 1 saturated carbocycles. The lowest BCUT2D eigenvalue weighted by Crippen LogP contribution is -2.36. The highest BCUT2D eigenvalue weighted by molar-refractivity contribution is 6.69. The third kappa shape index (κ3) is 7.32. The number of carbonyl (C=O) groups is 1. The SMILES string of the molecule is C[Si](C)(C)OC1CCCCCCCCCCC1=O. The first-order valence-corrected chi connectivity index (χ1v) is 11.1. The fraction of sp³-hybridized carbons (Fsp3) is 0.933. The maximum Gasteiger partial charge on any atom is 0.184 e. The Morgan fingerprint density at radius 1 is 0.889 bits per heavy atom. The Labute approximate surface area is 114 Å². The zero-order valence-corrected chi connectivity index (χ0v) is 13.5. The van der Waals surface area contributed by atoms with Crippen LogP contribution in [0.4, 0.5) is 0 Å². The molecule has 0 aliphatic heterocycles. The molecule has 0 N–H and O–H groups in total. The van der Waals surface area contributed by atoms with Gasteiger partial charge in [-0.05, 0) is 32.5 Å². The van der Waals surface area contributed by atoms with Crippen molar-refractivity contribution in [3.8, 4) is 0 Å². The second kappa shape index (κ2) is 8.11. The third-order valence-corrected chi connectivity index (χ3v) is 4.49. The minimum absolute atomic E-state index is 0.101. The van der Waals surface area contributed by atoms with E-state index in [-0.39, 0.29) is 6.10 Å². The zero-order chi connectivity index (χ0) is 13.4. The summed E-state index contributed by atoms with van der Waals surface area (Å²) in [5.41, 5.74) is 0. The molecule has 0 spiro atoms. The van der Waals surface area contributed by atoms with E-state index in [0.29, 0.717) is 5.78 Å². The maximum atomic E-state index is 12.2. The van der Waals surface area contributed by atoms with Crippen molar-refractivity contribution in [3.05, 3.63) is 0 Å². The first-order valence-electron chi connectivity index (χ1n) is 7.69. The van der Waals surface area contributed by atoms with Crippen molar-refractivity contribution in [1.29, 1.82) is 0 Å². The number of hydrogen-bond donors (Lipinski definition) is 0. The fourth-order valence-corrected chi connectivity index (χ4v) is 3.67. The van der Waals surface area contributed by atoms with E-state index >= 15 is 0 Å². The zero-order valence-electron chi connectivity index (χ0n) is 12.5. The van der Waals surface area contributed by atoms with E-state index in [0.717, 1.165) is 25.7 Å². The highest BCUT2D eigenvalue weighted by Crippen LogP contribution is 2.19. The monoisotopic (exact) mass is 270 g/mol. The molecular weight excluding hydrogens is 240 g/mol. The molecule has 0 bridgehead atoms. The molecule has 1 fully saturated rings. The van der Waals surface area contributed by atoms with Crippen LogP contribution in [0, 0.1) is 0 Å². The smallest absolute Gasteiger partial charge is 0.184 e. The summed E-state index contributed by atoms with van der Waals surface area (Å²) in [6.07, 6.45) is 11.6. The molecule has 0 radical (unpaired) electrons. The van der Waals surface area contributed by atoms with Crippen molar-refractivity contribution in [2.45, 2.75) is 90.0 Å². The number of rotatable bonds is 2. The molecule has 1 unspecified atom stereocenters. The standard InChI is InChI=1S/C15H30O2Si/c1-18(2,3)17-15-13-11-9-7-5-4-6-8-10-12-14(15)16/h15H,4-13H2,1-3H3. The van der Waals surface area contributed by atoms with E-state index in [1.54, 1.807) is 0 Å². The lowest BCUT2D eigenvalue weighted by Gasteiger charge is -2.26. The lowest BCUT2D eigenvalue weighted by atomic mass is 9.99. The second-order valence-electron chi connectivity index (χ2n) is 6.55. The first-order chi connectivity index (χ1) is 8.49. The van der Waals surface area contributed by atoms with Crippen LogP contribution in [0.3, 0.4) is 0 Å². The van der Waals surface area contributed by atoms with Gasteiger partial charge in [-0.2, -0.15) is 0 Å². The molecule has 0 saturated heterocycles. The van der Waals surface area contributed by atoms with Gasteiger partial charge in [-0.3, -0.25) is 4.79 Å². The van der Waals surface area contributed by atoms with E-state index in [1.807, 2.05) is 0 Å². The van der Waals surface area contributed by atoms with Gasteiger partial charge < -0.3 is 4.43 Å². The molecular formula is C15H30O2Si. The summed E-state index contributed by atoms with van der Waals surface area (Å²) in [7, 11) is -1.60. The van der Waals surface area contributed by atoms with Crippen molar-refractivity contribution in [1.82, 2.24) is 0 Å². The molecule has 3 heteroatoms.